The fourth-order valence-corrected chi connectivity index (χ4v) is 2.12. The van der Waals surface area contributed by atoms with Crippen LogP contribution in [0.4, 0.5) is 5.95 Å². The number of hydrogen-bond acceptors (Lipinski definition) is 7. The number of benzene rings is 1. The minimum absolute atomic E-state index is 0.450. The minimum Gasteiger partial charge on any atom is -0.493 e. The molecule has 1 aromatic carbocycles. The predicted molar refractivity (Wildman–Crippen MR) is 88.8 cm³/mol. The summed E-state index contributed by atoms with van der Waals surface area (Å²) >= 11 is 0. The molecular formula is C16H20N4O3. The summed E-state index contributed by atoms with van der Waals surface area (Å²) in [4.78, 5) is 8.51. The van der Waals surface area contributed by atoms with Gasteiger partial charge in [-0.15, -0.1) is 0 Å². The molecule has 2 aromatic rings. The number of nitrogens with zero attached hydrogens (tertiary/aromatic N) is 3. The lowest BCUT2D eigenvalue weighted by Crippen LogP contribution is -2.00. The molecule has 122 valence electrons. The standard InChI is InChI=1S/C16H20N4O3/c1-10-6-11(2)19-16(18-10)20-17-9-12-7-13(21-3)15(23-5)14(8-12)22-4/h6-9H,1-5H3,(H,18,19,20)/b17-9+. The molecule has 7 heteroatoms. The van der Waals surface area contributed by atoms with Gasteiger partial charge < -0.3 is 14.2 Å². The Labute approximate surface area is 135 Å². The zero-order valence-electron chi connectivity index (χ0n) is 13.9. The molecule has 1 aromatic heterocycles. The zero-order chi connectivity index (χ0) is 16.8. The van der Waals surface area contributed by atoms with E-state index in [0.29, 0.717) is 23.2 Å². The topological polar surface area (TPSA) is 77.9 Å². The molecule has 1 N–H and O–H groups in total. The molecule has 0 spiro atoms. The molecule has 0 unspecified atom stereocenters. The molecule has 0 bridgehead atoms. The Morgan fingerprint density at radius 3 is 1.96 bits per heavy atom. The van der Waals surface area contributed by atoms with Crippen LogP contribution in [0.3, 0.4) is 0 Å². The van der Waals surface area contributed by atoms with E-state index in [4.69, 9.17) is 14.2 Å². The van der Waals surface area contributed by atoms with Gasteiger partial charge in [0.25, 0.3) is 0 Å². The van der Waals surface area contributed by atoms with E-state index in [1.165, 1.54) is 0 Å². The number of aromatic nitrogens is 2. The molecule has 0 saturated heterocycles. The number of hydrazone groups is 1. The molecule has 0 aliphatic carbocycles. The summed E-state index contributed by atoms with van der Waals surface area (Å²) in [6, 6.07) is 5.50. The smallest absolute Gasteiger partial charge is 0.243 e. The number of methoxy groups -OCH3 is 3. The number of rotatable bonds is 6. The third kappa shape index (κ3) is 4.09. The summed E-state index contributed by atoms with van der Waals surface area (Å²) in [5.74, 6) is 2.12. The molecule has 0 atom stereocenters. The zero-order valence-corrected chi connectivity index (χ0v) is 13.9. The van der Waals surface area contributed by atoms with Gasteiger partial charge in [-0.1, -0.05) is 0 Å². The van der Waals surface area contributed by atoms with Gasteiger partial charge in [0.2, 0.25) is 11.7 Å². The van der Waals surface area contributed by atoms with Crippen LogP contribution in [0, 0.1) is 13.8 Å². The van der Waals surface area contributed by atoms with Crippen LogP contribution in [0.1, 0.15) is 17.0 Å². The first kappa shape index (κ1) is 16.5. The molecule has 0 saturated carbocycles. The Kier molecular flexibility index (Phi) is 5.35. The van der Waals surface area contributed by atoms with Crippen LogP contribution in [0.15, 0.2) is 23.3 Å². The van der Waals surface area contributed by atoms with Crippen molar-refractivity contribution in [3.05, 3.63) is 35.2 Å². The van der Waals surface area contributed by atoms with Crippen LogP contribution in [0.5, 0.6) is 17.2 Å². The quantitative estimate of drug-likeness (QED) is 0.652. The predicted octanol–water partition coefficient (Wildman–Crippen LogP) is 2.57. The van der Waals surface area contributed by atoms with E-state index in [2.05, 4.69) is 20.5 Å². The maximum absolute atomic E-state index is 5.30. The highest BCUT2D eigenvalue weighted by Gasteiger charge is 2.12. The molecule has 7 nitrogen and oxygen atoms in total. The van der Waals surface area contributed by atoms with Gasteiger partial charge in [-0.05, 0) is 32.0 Å². The molecular weight excluding hydrogens is 296 g/mol. The van der Waals surface area contributed by atoms with E-state index in [-0.39, 0.29) is 0 Å². The highest BCUT2D eigenvalue weighted by atomic mass is 16.5. The first-order chi connectivity index (χ1) is 11.1. The van der Waals surface area contributed by atoms with Gasteiger partial charge >= 0.3 is 0 Å². The number of aryl methyl sites for hydroxylation is 2. The first-order valence-electron chi connectivity index (χ1n) is 6.98. The van der Waals surface area contributed by atoms with Crippen molar-refractivity contribution in [3.8, 4) is 17.2 Å². The molecule has 0 aliphatic rings. The molecule has 0 amide bonds. The second kappa shape index (κ2) is 7.44. The van der Waals surface area contributed by atoms with Crippen molar-refractivity contribution >= 4 is 12.2 Å². The van der Waals surface area contributed by atoms with Crippen molar-refractivity contribution in [2.45, 2.75) is 13.8 Å². The second-order valence-corrected chi connectivity index (χ2v) is 4.80. The Morgan fingerprint density at radius 1 is 0.913 bits per heavy atom. The summed E-state index contributed by atoms with van der Waals surface area (Å²) in [6.07, 6.45) is 1.63. The van der Waals surface area contributed by atoms with E-state index < -0.39 is 0 Å². The third-order valence-electron chi connectivity index (χ3n) is 3.05. The molecule has 1 heterocycles. The lowest BCUT2D eigenvalue weighted by Gasteiger charge is -2.12. The van der Waals surface area contributed by atoms with Gasteiger partial charge in [0.05, 0.1) is 27.5 Å². The van der Waals surface area contributed by atoms with Crippen molar-refractivity contribution in [2.75, 3.05) is 26.8 Å². The number of anilines is 1. The number of nitrogens with one attached hydrogen (secondary N) is 1. The minimum atomic E-state index is 0.450. The van der Waals surface area contributed by atoms with Gasteiger partial charge in [-0.2, -0.15) is 5.10 Å². The van der Waals surface area contributed by atoms with Crippen molar-refractivity contribution in [1.29, 1.82) is 0 Å². The Balaban J connectivity index is 2.22. The van der Waals surface area contributed by atoms with Gasteiger partial charge in [0.1, 0.15) is 0 Å². The average Bonchev–Trinajstić information content (AvgIpc) is 2.52. The third-order valence-corrected chi connectivity index (χ3v) is 3.05. The van der Waals surface area contributed by atoms with Crippen molar-refractivity contribution in [2.24, 2.45) is 5.10 Å². The fourth-order valence-electron chi connectivity index (χ4n) is 2.12. The van der Waals surface area contributed by atoms with Crippen LogP contribution in [0.25, 0.3) is 0 Å². The largest absolute Gasteiger partial charge is 0.493 e. The van der Waals surface area contributed by atoms with Crippen molar-refractivity contribution in [1.82, 2.24) is 9.97 Å². The maximum Gasteiger partial charge on any atom is 0.243 e. The summed E-state index contributed by atoms with van der Waals surface area (Å²) in [7, 11) is 4.70. The summed E-state index contributed by atoms with van der Waals surface area (Å²) in [5.41, 5.74) is 5.36. The van der Waals surface area contributed by atoms with Crippen LogP contribution < -0.4 is 19.6 Å². The molecule has 2 rings (SSSR count). The Bertz CT molecular complexity index is 671. The molecule has 0 radical (unpaired) electrons. The highest BCUT2D eigenvalue weighted by molar-refractivity contribution is 5.82. The van der Waals surface area contributed by atoms with E-state index >= 15 is 0 Å². The monoisotopic (exact) mass is 316 g/mol. The maximum atomic E-state index is 5.30. The first-order valence-corrected chi connectivity index (χ1v) is 6.98. The van der Waals surface area contributed by atoms with E-state index in [1.807, 2.05) is 19.9 Å². The van der Waals surface area contributed by atoms with E-state index in [1.54, 1.807) is 39.7 Å². The van der Waals surface area contributed by atoms with Gasteiger partial charge in [-0.3, -0.25) is 0 Å². The van der Waals surface area contributed by atoms with Gasteiger partial charge in [-0.25, -0.2) is 15.4 Å². The van der Waals surface area contributed by atoms with E-state index in [0.717, 1.165) is 17.0 Å². The number of hydrogen-bond donors (Lipinski definition) is 1. The van der Waals surface area contributed by atoms with Crippen LogP contribution in [0.2, 0.25) is 0 Å². The Hall–Kier alpha value is -2.83. The normalized spacial score (nSPS) is 10.7. The molecule has 0 fully saturated rings. The van der Waals surface area contributed by atoms with Crippen molar-refractivity contribution < 1.29 is 14.2 Å². The summed E-state index contributed by atoms with van der Waals surface area (Å²) < 4.78 is 15.9. The van der Waals surface area contributed by atoms with Crippen molar-refractivity contribution in [3.63, 3.8) is 0 Å². The number of ether oxygens (including phenoxy) is 3. The van der Waals surface area contributed by atoms with Crippen LogP contribution in [-0.4, -0.2) is 37.5 Å². The second-order valence-electron chi connectivity index (χ2n) is 4.80. The Morgan fingerprint density at radius 2 is 1.48 bits per heavy atom. The molecule has 23 heavy (non-hydrogen) atoms. The van der Waals surface area contributed by atoms with Gasteiger partial charge in [0.15, 0.2) is 11.5 Å². The van der Waals surface area contributed by atoms with E-state index in [9.17, 15) is 0 Å². The molecule has 0 aliphatic heterocycles. The van der Waals surface area contributed by atoms with Gasteiger partial charge in [0, 0.05) is 17.0 Å². The summed E-state index contributed by atoms with van der Waals surface area (Å²) in [5, 5.41) is 4.15. The van der Waals surface area contributed by atoms with Crippen LogP contribution >= 0.6 is 0 Å². The average molecular weight is 316 g/mol. The summed E-state index contributed by atoms with van der Waals surface area (Å²) in [6.45, 7) is 3.81. The lowest BCUT2D eigenvalue weighted by atomic mass is 10.2. The van der Waals surface area contributed by atoms with Crippen LogP contribution in [-0.2, 0) is 0 Å². The lowest BCUT2D eigenvalue weighted by molar-refractivity contribution is 0.324. The fraction of sp³-hybridized carbons (Fsp3) is 0.312. The highest BCUT2D eigenvalue weighted by Crippen LogP contribution is 2.37. The SMILES string of the molecule is COc1cc(/C=N/Nc2nc(C)cc(C)n2)cc(OC)c1OC.